The second-order valence-corrected chi connectivity index (χ2v) is 7.93. The minimum atomic E-state index is -0.368. The van der Waals surface area contributed by atoms with E-state index in [1.54, 1.807) is 24.4 Å². The number of benzene rings is 2. The third kappa shape index (κ3) is 5.03. The Morgan fingerprint density at radius 2 is 1.96 bits per heavy atom. The van der Waals surface area contributed by atoms with Crippen LogP contribution in [0.15, 0.2) is 72.4 Å². The molecule has 0 unspecified atom stereocenters. The van der Waals surface area contributed by atoms with Gasteiger partial charge in [0.25, 0.3) is 0 Å². The normalized spacial score (nSPS) is 11.1. The lowest BCUT2D eigenvalue weighted by molar-refractivity contribution is 0.0600. The van der Waals surface area contributed by atoms with Gasteiger partial charge in [0.1, 0.15) is 5.76 Å². The number of halogens is 2. The number of ether oxygens (including phenoxy) is 1. The second-order valence-electron chi connectivity index (χ2n) is 5.59. The second kappa shape index (κ2) is 8.78. The van der Waals surface area contributed by atoms with Gasteiger partial charge in [0.2, 0.25) is 0 Å². The lowest BCUT2D eigenvalue weighted by Gasteiger charge is -2.03. The van der Waals surface area contributed by atoms with Crippen LogP contribution in [0.4, 0.5) is 5.69 Å². The molecule has 1 heterocycles. The van der Waals surface area contributed by atoms with Crippen LogP contribution in [-0.2, 0) is 4.74 Å². The van der Waals surface area contributed by atoms with Crippen LogP contribution >= 0.6 is 39.3 Å². The van der Waals surface area contributed by atoms with E-state index in [4.69, 9.17) is 20.8 Å². The van der Waals surface area contributed by atoms with Crippen molar-refractivity contribution in [2.75, 3.05) is 7.11 Å². The minimum Gasteiger partial charge on any atom is -0.465 e. The van der Waals surface area contributed by atoms with Crippen molar-refractivity contribution in [3.05, 3.63) is 74.9 Å². The molecule has 0 amide bonds. The molecule has 0 saturated carbocycles. The lowest BCUT2D eigenvalue weighted by Crippen LogP contribution is -2.00. The van der Waals surface area contributed by atoms with E-state index in [9.17, 15) is 4.79 Å². The molecule has 7 heteroatoms. The van der Waals surface area contributed by atoms with Crippen LogP contribution in [0, 0.1) is 6.92 Å². The topological polar surface area (TPSA) is 51.8 Å². The summed E-state index contributed by atoms with van der Waals surface area (Å²) in [6.45, 7) is 1.89. The fraction of sp³-hybridized carbons (Fsp3) is 0.100. The van der Waals surface area contributed by atoms with Gasteiger partial charge in [0.05, 0.1) is 29.0 Å². The van der Waals surface area contributed by atoms with E-state index >= 15 is 0 Å². The Kier molecular flexibility index (Phi) is 6.42. The maximum Gasteiger partial charge on any atom is 0.337 e. The van der Waals surface area contributed by atoms with Crippen LogP contribution in [0.2, 0.25) is 5.02 Å². The summed E-state index contributed by atoms with van der Waals surface area (Å²) in [5.74, 6) is 0.252. The fourth-order valence-corrected chi connectivity index (χ4v) is 3.75. The number of nitrogens with zero attached hydrogens (tertiary/aromatic N) is 1. The molecule has 0 saturated heterocycles. The largest absolute Gasteiger partial charge is 0.465 e. The zero-order chi connectivity index (χ0) is 19.4. The third-order valence-corrected chi connectivity index (χ3v) is 5.75. The van der Waals surface area contributed by atoms with Gasteiger partial charge >= 0.3 is 5.97 Å². The van der Waals surface area contributed by atoms with Gasteiger partial charge in [-0.15, -0.1) is 0 Å². The van der Waals surface area contributed by atoms with Gasteiger partial charge in [0, 0.05) is 16.0 Å². The van der Waals surface area contributed by atoms with E-state index in [0.717, 1.165) is 25.7 Å². The van der Waals surface area contributed by atoms with Crippen LogP contribution in [0.3, 0.4) is 0 Å². The number of carbonyl (C=O) groups excluding carboxylic acids is 1. The van der Waals surface area contributed by atoms with Gasteiger partial charge in [-0.3, -0.25) is 4.99 Å². The number of hydrogen-bond acceptors (Lipinski definition) is 5. The summed E-state index contributed by atoms with van der Waals surface area (Å²) in [6.07, 6.45) is 1.65. The SMILES string of the molecule is COC(=O)c1ccc(N=Cc2cc(Br)c(Sc3ccc(Cl)cc3)o2)c(C)c1. The number of furan rings is 1. The van der Waals surface area contributed by atoms with E-state index < -0.39 is 0 Å². The van der Waals surface area contributed by atoms with Gasteiger partial charge in [0.15, 0.2) is 5.09 Å². The van der Waals surface area contributed by atoms with Gasteiger partial charge in [-0.05, 0) is 70.9 Å². The summed E-state index contributed by atoms with van der Waals surface area (Å²) in [4.78, 5) is 17.1. The van der Waals surface area contributed by atoms with Crippen LogP contribution in [-0.4, -0.2) is 19.3 Å². The highest BCUT2D eigenvalue weighted by Gasteiger charge is 2.10. The highest BCUT2D eigenvalue weighted by molar-refractivity contribution is 9.10. The number of methoxy groups -OCH3 is 1. The first-order valence-corrected chi connectivity index (χ1v) is 9.91. The maximum atomic E-state index is 11.6. The fourth-order valence-electron chi connectivity index (χ4n) is 2.29. The van der Waals surface area contributed by atoms with Crippen LogP contribution in [0.1, 0.15) is 21.7 Å². The molecule has 0 fully saturated rings. The smallest absolute Gasteiger partial charge is 0.337 e. The molecule has 0 atom stereocenters. The Hall–Kier alpha value is -2.02. The molecule has 0 spiro atoms. The predicted molar refractivity (Wildman–Crippen MR) is 112 cm³/mol. The Bertz CT molecular complexity index is 999. The maximum absolute atomic E-state index is 11.6. The number of hydrogen-bond donors (Lipinski definition) is 0. The average Bonchev–Trinajstić information content (AvgIpc) is 3.01. The van der Waals surface area contributed by atoms with Crippen molar-refractivity contribution in [1.82, 2.24) is 0 Å². The predicted octanol–water partition coefficient (Wildman–Crippen LogP) is 6.69. The highest BCUT2D eigenvalue weighted by atomic mass is 79.9. The van der Waals surface area contributed by atoms with Gasteiger partial charge < -0.3 is 9.15 Å². The standard InChI is InChI=1S/C20H15BrClNO3S/c1-12-9-13(19(24)25-2)3-8-18(12)23-11-15-10-17(21)20(26-15)27-16-6-4-14(22)5-7-16/h3-11H,1-2H3. The molecule has 0 aliphatic rings. The molecular formula is C20H15BrClNO3S. The molecule has 0 N–H and O–H groups in total. The van der Waals surface area contributed by atoms with Crippen LogP contribution < -0.4 is 0 Å². The number of carbonyl (C=O) groups is 1. The first-order chi connectivity index (χ1) is 13.0. The van der Waals surface area contributed by atoms with Crippen molar-refractivity contribution >= 4 is 57.2 Å². The molecule has 138 valence electrons. The monoisotopic (exact) mass is 463 g/mol. The van der Waals surface area contributed by atoms with Crippen molar-refractivity contribution in [1.29, 1.82) is 0 Å². The molecule has 0 aliphatic heterocycles. The summed E-state index contributed by atoms with van der Waals surface area (Å²) in [6, 6.07) is 14.6. The molecule has 27 heavy (non-hydrogen) atoms. The first kappa shape index (κ1) is 19.7. The van der Waals surface area contributed by atoms with E-state index in [0.29, 0.717) is 16.3 Å². The van der Waals surface area contributed by atoms with Crippen molar-refractivity contribution < 1.29 is 13.9 Å². The Balaban J connectivity index is 1.76. The van der Waals surface area contributed by atoms with Crippen molar-refractivity contribution in [2.45, 2.75) is 16.9 Å². The average molecular weight is 465 g/mol. The number of esters is 1. The summed E-state index contributed by atoms with van der Waals surface area (Å²) in [5.41, 5.74) is 2.12. The van der Waals surface area contributed by atoms with Crippen LogP contribution in [0.5, 0.6) is 0 Å². The first-order valence-electron chi connectivity index (χ1n) is 7.92. The molecule has 4 nitrogen and oxygen atoms in total. The van der Waals surface area contributed by atoms with E-state index in [1.165, 1.54) is 18.9 Å². The van der Waals surface area contributed by atoms with Gasteiger partial charge in [-0.1, -0.05) is 23.4 Å². The highest BCUT2D eigenvalue weighted by Crippen LogP contribution is 2.36. The molecule has 3 aromatic rings. The summed E-state index contributed by atoms with van der Waals surface area (Å²) in [7, 11) is 1.36. The molecule has 2 aromatic carbocycles. The zero-order valence-electron chi connectivity index (χ0n) is 14.5. The van der Waals surface area contributed by atoms with Gasteiger partial charge in [-0.25, -0.2) is 4.79 Å². The molecule has 0 aliphatic carbocycles. The third-order valence-electron chi connectivity index (χ3n) is 3.65. The van der Waals surface area contributed by atoms with Crippen molar-refractivity contribution in [3.8, 4) is 0 Å². The summed E-state index contributed by atoms with van der Waals surface area (Å²) < 4.78 is 11.4. The summed E-state index contributed by atoms with van der Waals surface area (Å²) in [5, 5.41) is 1.43. The van der Waals surface area contributed by atoms with Crippen molar-refractivity contribution in [2.24, 2.45) is 4.99 Å². The molecule has 0 bridgehead atoms. The van der Waals surface area contributed by atoms with Crippen molar-refractivity contribution in [3.63, 3.8) is 0 Å². The van der Waals surface area contributed by atoms with E-state index in [2.05, 4.69) is 20.9 Å². The zero-order valence-corrected chi connectivity index (χ0v) is 17.7. The van der Waals surface area contributed by atoms with E-state index in [1.807, 2.05) is 37.3 Å². The molecule has 0 radical (unpaired) electrons. The number of aliphatic imine (C=N–C) groups is 1. The van der Waals surface area contributed by atoms with Gasteiger partial charge in [-0.2, -0.15) is 0 Å². The Labute approximate surface area is 174 Å². The number of aryl methyl sites for hydroxylation is 1. The summed E-state index contributed by atoms with van der Waals surface area (Å²) >= 11 is 10.9. The quantitative estimate of drug-likeness (QED) is 0.312. The van der Waals surface area contributed by atoms with Crippen LogP contribution in [0.25, 0.3) is 0 Å². The molecular weight excluding hydrogens is 450 g/mol. The molecule has 1 aromatic heterocycles. The Morgan fingerprint density at radius 3 is 2.63 bits per heavy atom. The Morgan fingerprint density at radius 1 is 1.22 bits per heavy atom. The minimum absolute atomic E-state index is 0.368. The molecule has 3 rings (SSSR count). The lowest BCUT2D eigenvalue weighted by atomic mass is 10.1. The van der Waals surface area contributed by atoms with E-state index in [-0.39, 0.29) is 5.97 Å². The number of rotatable bonds is 5.